The van der Waals surface area contributed by atoms with E-state index in [1.807, 2.05) is 18.2 Å². The number of para-hydroxylation sites is 1. The molecular formula is C24H19N3O6. The Morgan fingerprint density at radius 2 is 1.64 bits per heavy atom. The monoisotopic (exact) mass is 445 g/mol. The molecule has 2 amide bonds. The number of nitro groups is 1. The van der Waals surface area contributed by atoms with Gasteiger partial charge in [-0.25, -0.2) is 9.96 Å². The number of imide groups is 1. The average Bonchev–Trinajstić information content (AvgIpc) is 3.36. The van der Waals surface area contributed by atoms with Crippen molar-refractivity contribution in [1.82, 2.24) is 0 Å². The van der Waals surface area contributed by atoms with E-state index >= 15 is 0 Å². The molecule has 3 aromatic carbocycles. The van der Waals surface area contributed by atoms with Gasteiger partial charge in [-0.3, -0.25) is 24.5 Å². The molecule has 0 saturated carbocycles. The molecule has 0 aromatic heterocycles. The van der Waals surface area contributed by atoms with E-state index in [0.29, 0.717) is 22.7 Å². The fourth-order valence-corrected chi connectivity index (χ4v) is 4.36. The fraction of sp³-hybridized carbons (Fsp3) is 0.167. The van der Waals surface area contributed by atoms with Crippen molar-refractivity contribution in [2.75, 3.05) is 17.1 Å². The zero-order valence-electron chi connectivity index (χ0n) is 17.5. The number of hydroxylamine groups is 1. The highest BCUT2D eigenvalue weighted by molar-refractivity contribution is 6.23. The number of hydrogen-bond donors (Lipinski definition) is 0. The molecular weight excluding hydrogens is 426 g/mol. The zero-order chi connectivity index (χ0) is 23.1. The normalized spacial score (nSPS) is 21.9. The molecule has 2 aliphatic heterocycles. The fourth-order valence-electron chi connectivity index (χ4n) is 4.36. The first-order valence-electron chi connectivity index (χ1n) is 10.3. The van der Waals surface area contributed by atoms with Crippen LogP contribution in [0.25, 0.3) is 0 Å². The van der Waals surface area contributed by atoms with Gasteiger partial charge in [0.05, 0.1) is 29.4 Å². The summed E-state index contributed by atoms with van der Waals surface area (Å²) in [4.78, 5) is 44.9. The van der Waals surface area contributed by atoms with Gasteiger partial charge in [-0.15, -0.1) is 0 Å². The Kier molecular flexibility index (Phi) is 5.02. The van der Waals surface area contributed by atoms with Crippen LogP contribution in [-0.4, -0.2) is 30.0 Å². The van der Waals surface area contributed by atoms with E-state index in [9.17, 15) is 19.7 Å². The molecule has 0 spiro atoms. The number of nitrogens with zero attached hydrogens (tertiary/aromatic N) is 3. The molecule has 3 atom stereocenters. The van der Waals surface area contributed by atoms with Crippen molar-refractivity contribution in [3.05, 3.63) is 94.5 Å². The number of benzene rings is 3. The number of anilines is 2. The summed E-state index contributed by atoms with van der Waals surface area (Å²) < 4.78 is 5.15. The van der Waals surface area contributed by atoms with Crippen LogP contribution in [0.4, 0.5) is 17.1 Å². The van der Waals surface area contributed by atoms with Crippen LogP contribution in [0.15, 0.2) is 78.9 Å². The van der Waals surface area contributed by atoms with Crippen molar-refractivity contribution < 1.29 is 24.1 Å². The molecule has 2 saturated heterocycles. The second-order valence-corrected chi connectivity index (χ2v) is 7.72. The van der Waals surface area contributed by atoms with Gasteiger partial charge < -0.3 is 4.74 Å². The topological polar surface area (TPSA) is 102 Å². The third-order valence-corrected chi connectivity index (χ3v) is 5.88. The molecule has 0 radical (unpaired) electrons. The Balaban J connectivity index is 1.58. The molecule has 166 valence electrons. The maximum atomic E-state index is 13.6. The number of hydrogen-bond acceptors (Lipinski definition) is 7. The minimum atomic E-state index is -1.05. The Labute approximate surface area is 188 Å². The van der Waals surface area contributed by atoms with Crippen LogP contribution in [0.5, 0.6) is 5.75 Å². The van der Waals surface area contributed by atoms with Crippen molar-refractivity contribution in [3.8, 4) is 5.75 Å². The number of methoxy groups -OCH3 is 1. The molecule has 0 N–H and O–H groups in total. The van der Waals surface area contributed by atoms with Crippen LogP contribution in [0.1, 0.15) is 11.6 Å². The minimum Gasteiger partial charge on any atom is -0.497 e. The Bertz CT molecular complexity index is 1230. The van der Waals surface area contributed by atoms with Gasteiger partial charge >= 0.3 is 0 Å². The highest BCUT2D eigenvalue weighted by Gasteiger charge is 2.60. The van der Waals surface area contributed by atoms with Gasteiger partial charge in [-0.05, 0) is 42.0 Å². The lowest BCUT2D eigenvalue weighted by molar-refractivity contribution is -0.384. The van der Waals surface area contributed by atoms with Crippen LogP contribution < -0.4 is 14.7 Å². The molecule has 2 heterocycles. The maximum Gasteiger partial charge on any atom is 0.269 e. The predicted molar refractivity (Wildman–Crippen MR) is 119 cm³/mol. The van der Waals surface area contributed by atoms with Crippen LogP contribution in [-0.2, 0) is 14.4 Å². The molecule has 33 heavy (non-hydrogen) atoms. The molecule has 2 fully saturated rings. The molecule has 3 aromatic rings. The smallest absolute Gasteiger partial charge is 0.269 e. The molecule has 0 unspecified atom stereocenters. The minimum absolute atomic E-state index is 0.104. The summed E-state index contributed by atoms with van der Waals surface area (Å²) in [6, 6.07) is 21.0. The van der Waals surface area contributed by atoms with Gasteiger partial charge in [0.1, 0.15) is 11.7 Å². The first-order valence-corrected chi connectivity index (χ1v) is 10.3. The van der Waals surface area contributed by atoms with Gasteiger partial charge in [0.25, 0.3) is 11.6 Å². The number of carbonyl (C=O) groups is 2. The van der Waals surface area contributed by atoms with E-state index in [0.717, 1.165) is 4.90 Å². The van der Waals surface area contributed by atoms with Crippen LogP contribution in [0.2, 0.25) is 0 Å². The third kappa shape index (κ3) is 3.39. The Morgan fingerprint density at radius 1 is 0.909 bits per heavy atom. The van der Waals surface area contributed by atoms with Gasteiger partial charge in [-0.2, -0.15) is 0 Å². The number of amides is 2. The van der Waals surface area contributed by atoms with Crippen molar-refractivity contribution in [3.63, 3.8) is 0 Å². The summed E-state index contributed by atoms with van der Waals surface area (Å²) in [5, 5.41) is 12.9. The maximum absolute atomic E-state index is 13.6. The van der Waals surface area contributed by atoms with Gasteiger partial charge in [-0.1, -0.05) is 30.3 Å². The van der Waals surface area contributed by atoms with Crippen LogP contribution >= 0.6 is 0 Å². The van der Waals surface area contributed by atoms with Crippen molar-refractivity contribution in [2.45, 2.75) is 12.1 Å². The molecule has 9 nitrogen and oxygen atoms in total. The second-order valence-electron chi connectivity index (χ2n) is 7.72. The summed E-state index contributed by atoms with van der Waals surface area (Å²) >= 11 is 0. The van der Waals surface area contributed by atoms with Gasteiger partial charge in [0.15, 0.2) is 6.10 Å². The first-order chi connectivity index (χ1) is 16.0. The van der Waals surface area contributed by atoms with Crippen LogP contribution in [0, 0.1) is 16.0 Å². The van der Waals surface area contributed by atoms with Crippen molar-refractivity contribution >= 4 is 28.9 Å². The quantitative estimate of drug-likeness (QED) is 0.336. The molecule has 5 rings (SSSR count). The van der Waals surface area contributed by atoms with E-state index in [1.54, 1.807) is 48.5 Å². The summed E-state index contributed by atoms with van der Waals surface area (Å²) in [6.07, 6.45) is -1.05. The van der Waals surface area contributed by atoms with Gasteiger partial charge in [0, 0.05) is 12.1 Å². The Hall–Kier alpha value is -4.24. The SMILES string of the molecule is COc1ccc(N2C(=O)[C@H]3[C@H](ON(c4ccccc4)[C@H]3c3cccc([N+](=O)[O-])c3)C2=O)cc1. The summed E-state index contributed by atoms with van der Waals surface area (Å²) in [5.74, 6) is -1.19. The lowest BCUT2D eigenvalue weighted by atomic mass is 9.90. The number of non-ortho nitro benzene ring substituents is 1. The summed E-state index contributed by atoms with van der Waals surface area (Å²) in [5.41, 5.74) is 1.46. The van der Waals surface area contributed by atoms with Crippen LogP contribution in [0.3, 0.4) is 0 Å². The summed E-state index contributed by atoms with van der Waals surface area (Å²) in [6.45, 7) is 0. The molecule has 9 heteroatoms. The number of fused-ring (bicyclic) bond motifs is 1. The third-order valence-electron chi connectivity index (χ3n) is 5.88. The molecule has 0 aliphatic carbocycles. The standard InChI is InChI=1S/C24H19N3O6/c1-32-19-12-10-16(11-13-19)25-23(28)20-21(15-6-5-9-18(14-15)27(30)31)26(33-22(20)24(25)29)17-7-3-2-4-8-17/h2-14,20-22H,1H3/t20-,21+,22+/m1/s1. The highest BCUT2D eigenvalue weighted by Crippen LogP contribution is 2.48. The number of nitro benzene ring substituents is 1. The highest BCUT2D eigenvalue weighted by atomic mass is 16.7. The second kappa shape index (κ2) is 8.03. The lowest BCUT2D eigenvalue weighted by Gasteiger charge is -2.28. The largest absolute Gasteiger partial charge is 0.497 e. The van der Waals surface area contributed by atoms with E-state index in [2.05, 4.69) is 0 Å². The molecule has 0 bridgehead atoms. The van der Waals surface area contributed by atoms with E-state index in [1.165, 1.54) is 24.3 Å². The van der Waals surface area contributed by atoms with E-state index in [-0.39, 0.29) is 5.69 Å². The van der Waals surface area contributed by atoms with E-state index < -0.39 is 34.8 Å². The number of carbonyl (C=O) groups excluding carboxylic acids is 2. The lowest BCUT2D eigenvalue weighted by Crippen LogP contribution is -2.37. The Morgan fingerprint density at radius 3 is 2.30 bits per heavy atom. The first kappa shape index (κ1) is 20.7. The number of rotatable bonds is 5. The van der Waals surface area contributed by atoms with E-state index in [4.69, 9.17) is 9.57 Å². The van der Waals surface area contributed by atoms with Crippen molar-refractivity contribution in [2.24, 2.45) is 5.92 Å². The van der Waals surface area contributed by atoms with Crippen molar-refractivity contribution in [1.29, 1.82) is 0 Å². The molecule has 2 aliphatic rings. The zero-order valence-corrected chi connectivity index (χ0v) is 17.5. The summed E-state index contributed by atoms with van der Waals surface area (Å²) in [7, 11) is 1.53. The number of ether oxygens (including phenoxy) is 1. The average molecular weight is 445 g/mol. The predicted octanol–water partition coefficient (Wildman–Crippen LogP) is 3.65. The van der Waals surface area contributed by atoms with Gasteiger partial charge in [0.2, 0.25) is 5.91 Å².